The zero-order chi connectivity index (χ0) is 10.7. The summed E-state index contributed by atoms with van der Waals surface area (Å²) in [6, 6.07) is 7.50. The summed E-state index contributed by atoms with van der Waals surface area (Å²) in [5.74, 6) is 0.882. The number of hydrogen-bond donors (Lipinski definition) is 1. The Bertz CT molecular complexity index is 360. The Morgan fingerprint density at radius 3 is 2.80 bits per heavy atom. The molecule has 1 aliphatic carbocycles. The number of halogens is 1. The number of hydrogen-bond acceptors (Lipinski definition) is 1. The molecular formula is C12H14BrNO. The molecule has 0 aromatic heterocycles. The smallest absolute Gasteiger partial charge is 0.252 e. The summed E-state index contributed by atoms with van der Waals surface area (Å²) in [6.45, 7) is 0.796. The van der Waals surface area contributed by atoms with Crippen LogP contribution in [0, 0.1) is 5.92 Å². The molecule has 1 saturated carbocycles. The molecular weight excluding hydrogens is 254 g/mol. The van der Waals surface area contributed by atoms with Gasteiger partial charge in [0.15, 0.2) is 0 Å². The van der Waals surface area contributed by atoms with Crippen molar-refractivity contribution in [1.29, 1.82) is 0 Å². The summed E-state index contributed by atoms with van der Waals surface area (Å²) in [6.07, 6.45) is 3.80. The molecule has 0 saturated heterocycles. The third-order valence-electron chi connectivity index (χ3n) is 2.65. The maximum absolute atomic E-state index is 11.7. The van der Waals surface area contributed by atoms with Crippen LogP contribution in [0.5, 0.6) is 0 Å². The average Bonchev–Trinajstić information content (AvgIpc) is 3.02. The molecule has 0 radical (unpaired) electrons. The standard InChI is InChI=1S/C12H14BrNO/c13-11-4-2-1-3-10(11)12(15)14-8-7-9-5-6-9/h1-4,9H,5-8H2,(H,14,15). The summed E-state index contributed by atoms with van der Waals surface area (Å²) >= 11 is 3.37. The first kappa shape index (κ1) is 10.7. The fourth-order valence-corrected chi connectivity index (χ4v) is 2.00. The van der Waals surface area contributed by atoms with Crippen LogP contribution in [-0.4, -0.2) is 12.5 Å². The van der Waals surface area contributed by atoms with E-state index in [0.29, 0.717) is 5.56 Å². The molecule has 15 heavy (non-hydrogen) atoms. The summed E-state index contributed by atoms with van der Waals surface area (Å²) in [5.41, 5.74) is 0.716. The molecule has 1 aliphatic rings. The van der Waals surface area contributed by atoms with E-state index < -0.39 is 0 Å². The van der Waals surface area contributed by atoms with Crippen LogP contribution in [0.4, 0.5) is 0 Å². The largest absolute Gasteiger partial charge is 0.352 e. The summed E-state index contributed by atoms with van der Waals surface area (Å²) in [5, 5.41) is 2.94. The molecule has 1 aromatic carbocycles. The highest BCUT2D eigenvalue weighted by atomic mass is 79.9. The van der Waals surface area contributed by atoms with Gasteiger partial charge < -0.3 is 5.32 Å². The van der Waals surface area contributed by atoms with Crippen molar-refractivity contribution in [2.75, 3.05) is 6.54 Å². The number of benzene rings is 1. The lowest BCUT2D eigenvalue weighted by Crippen LogP contribution is -2.25. The van der Waals surface area contributed by atoms with Crippen LogP contribution in [0.25, 0.3) is 0 Å². The molecule has 1 aromatic rings. The van der Waals surface area contributed by atoms with E-state index in [9.17, 15) is 4.79 Å². The Morgan fingerprint density at radius 1 is 1.40 bits per heavy atom. The molecule has 2 nitrogen and oxygen atoms in total. The Kier molecular flexibility index (Phi) is 3.41. The first-order valence-electron chi connectivity index (χ1n) is 5.30. The molecule has 1 fully saturated rings. The molecule has 0 unspecified atom stereocenters. The molecule has 1 amide bonds. The van der Waals surface area contributed by atoms with Gasteiger partial charge in [-0.2, -0.15) is 0 Å². The van der Waals surface area contributed by atoms with E-state index in [4.69, 9.17) is 0 Å². The van der Waals surface area contributed by atoms with Gasteiger partial charge in [-0.1, -0.05) is 25.0 Å². The van der Waals surface area contributed by atoms with E-state index in [1.54, 1.807) is 0 Å². The predicted octanol–water partition coefficient (Wildman–Crippen LogP) is 2.98. The number of carbonyl (C=O) groups is 1. The lowest BCUT2D eigenvalue weighted by molar-refractivity contribution is 0.0952. The van der Waals surface area contributed by atoms with Gasteiger partial charge >= 0.3 is 0 Å². The first-order valence-corrected chi connectivity index (χ1v) is 6.09. The van der Waals surface area contributed by atoms with Crippen LogP contribution < -0.4 is 5.32 Å². The zero-order valence-corrected chi connectivity index (χ0v) is 10.1. The molecule has 0 aliphatic heterocycles. The zero-order valence-electron chi connectivity index (χ0n) is 8.50. The molecule has 0 atom stereocenters. The number of rotatable bonds is 4. The second-order valence-electron chi connectivity index (χ2n) is 3.97. The van der Waals surface area contributed by atoms with Gasteiger partial charge in [-0.25, -0.2) is 0 Å². The van der Waals surface area contributed by atoms with Gasteiger partial charge in [0.1, 0.15) is 0 Å². The Hall–Kier alpha value is -0.830. The van der Waals surface area contributed by atoms with Crippen molar-refractivity contribution in [3.05, 3.63) is 34.3 Å². The molecule has 80 valence electrons. The lowest BCUT2D eigenvalue weighted by Gasteiger charge is -2.05. The van der Waals surface area contributed by atoms with Crippen LogP contribution in [0.1, 0.15) is 29.6 Å². The van der Waals surface area contributed by atoms with Gasteiger partial charge in [-0.15, -0.1) is 0 Å². The average molecular weight is 268 g/mol. The topological polar surface area (TPSA) is 29.1 Å². The van der Waals surface area contributed by atoms with E-state index in [1.165, 1.54) is 12.8 Å². The fraction of sp³-hybridized carbons (Fsp3) is 0.417. The third kappa shape index (κ3) is 3.06. The summed E-state index contributed by atoms with van der Waals surface area (Å²) in [7, 11) is 0. The second-order valence-corrected chi connectivity index (χ2v) is 4.82. The van der Waals surface area contributed by atoms with E-state index >= 15 is 0 Å². The SMILES string of the molecule is O=C(NCCC1CC1)c1ccccc1Br. The minimum Gasteiger partial charge on any atom is -0.352 e. The Balaban J connectivity index is 1.86. The minimum atomic E-state index is 0.0168. The van der Waals surface area contributed by atoms with Crippen LogP contribution in [0.3, 0.4) is 0 Å². The van der Waals surface area contributed by atoms with E-state index in [0.717, 1.165) is 23.4 Å². The summed E-state index contributed by atoms with van der Waals surface area (Å²) < 4.78 is 0.855. The second kappa shape index (κ2) is 4.79. The quantitative estimate of drug-likeness (QED) is 0.893. The summed E-state index contributed by atoms with van der Waals surface area (Å²) in [4.78, 5) is 11.7. The number of nitrogens with one attached hydrogen (secondary N) is 1. The Morgan fingerprint density at radius 2 is 2.13 bits per heavy atom. The van der Waals surface area contributed by atoms with Gasteiger partial charge in [0.2, 0.25) is 0 Å². The lowest BCUT2D eigenvalue weighted by atomic mass is 10.2. The van der Waals surface area contributed by atoms with Gasteiger partial charge in [0.25, 0.3) is 5.91 Å². The monoisotopic (exact) mass is 267 g/mol. The molecule has 0 heterocycles. The van der Waals surface area contributed by atoms with E-state index in [1.807, 2.05) is 24.3 Å². The van der Waals surface area contributed by atoms with Gasteiger partial charge in [0.05, 0.1) is 5.56 Å². The maximum atomic E-state index is 11.7. The van der Waals surface area contributed by atoms with Crippen molar-refractivity contribution in [1.82, 2.24) is 5.32 Å². The maximum Gasteiger partial charge on any atom is 0.252 e. The molecule has 0 spiro atoms. The van der Waals surface area contributed by atoms with Gasteiger partial charge in [-0.3, -0.25) is 4.79 Å². The number of amides is 1. The van der Waals surface area contributed by atoms with Crippen molar-refractivity contribution in [2.45, 2.75) is 19.3 Å². The van der Waals surface area contributed by atoms with Crippen molar-refractivity contribution in [3.8, 4) is 0 Å². The molecule has 0 bridgehead atoms. The molecule has 1 N–H and O–H groups in total. The van der Waals surface area contributed by atoms with E-state index in [-0.39, 0.29) is 5.91 Å². The van der Waals surface area contributed by atoms with Crippen LogP contribution >= 0.6 is 15.9 Å². The van der Waals surface area contributed by atoms with Crippen LogP contribution in [-0.2, 0) is 0 Å². The van der Waals surface area contributed by atoms with Crippen molar-refractivity contribution in [3.63, 3.8) is 0 Å². The molecule has 3 heteroatoms. The third-order valence-corrected chi connectivity index (χ3v) is 3.35. The predicted molar refractivity (Wildman–Crippen MR) is 63.8 cm³/mol. The molecule has 2 rings (SSSR count). The fourth-order valence-electron chi connectivity index (χ4n) is 1.54. The highest BCUT2D eigenvalue weighted by Gasteiger charge is 2.20. The van der Waals surface area contributed by atoms with Gasteiger partial charge in [0, 0.05) is 11.0 Å². The number of carbonyl (C=O) groups excluding carboxylic acids is 1. The van der Waals surface area contributed by atoms with Crippen molar-refractivity contribution >= 4 is 21.8 Å². The highest BCUT2D eigenvalue weighted by Crippen LogP contribution is 2.31. The van der Waals surface area contributed by atoms with Gasteiger partial charge in [-0.05, 0) is 40.4 Å². The van der Waals surface area contributed by atoms with Crippen LogP contribution in [0.15, 0.2) is 28.7 Å². The minimum absolute atomic E-state index is 0.0168. The van der Waals surface area contributed by atoms with E-state index in [2.05, 4.69) is 21.2 Å². The Labute approximate surface area is 98.2 Å². The first-order chi connectivity index (χ1) is 7.27. The normalized spacial score (nSPS) is 15.0. The van der Waals surface area contributed by atoms with Crippen LogP contribution in [0.2, 0.25) is 0 Å². The highest BCUT2D eigenvalue weighted by molar-refractivity contribution is 9.10. The van der Waals surface area contributed by atoms with Crippen molar-refractivity contribution < 1.29 is 4.79 Å². The van der Waals surface area contributed by atoms with Crippen molar-refractivity contribution in [2.24, 2.45) is 5.92 Å².